The first-order chi connectivity index (χ1) is 15.2. The molecule has 0 fully saturated rings. The van der Waals surface area contributed by atoms with E-state index < -0.39 is 46.1 Å². The molecule has 8 nitrogen and oxygen atoms in total. The van der Waals surface area contributed by atoms with Crippen molar-refractivity contribution < 1.29 is 39.6 Å². The van der Waals surface area contributed by atoms with Crippen molar-refractivity contribution in [2.45, 2.75) is 0 Å². The molecule has 0 spiro atoms. The zero-order chi connectivity index (χ0) is 22.9. The Bertz CT molecular complexity index is 1680. The van der Waals surface area contributed by atoms with Gasteiger partial charge in [-0.2, -0.15) is 0 Å². The molecule has 0 saturated carbocycles. The Morgan fingerprint density at radius 2 is 1.00 bits per heavy atom. The van der Waals surface area contributed by atoms with Crippen LogP contribution in [0.3, 0.4) is 0 Å². The van der Waals surface area contributed by atoms with Crippen molar-refractivity contribution in [2.24, 2.45) is 0 Å². The summed E-state index contributed by atoms with van der Waals surface area (Å²) in [4.78, 5) is 48.7. The topological polar surface area (TPSA) is 149 Å². The molecular formula is C24H13KO8. The zero-order valence-electron chi connectivity index (χ0n) is 16.0. The molecule has 4 N–H and O–H groups in total. The SMILES string of the molecule is O=C(O)c1c(C(=O)O)c2c(C(=O)O)ccc3c4cccc5cccc(c(c1C(=O)O)c23)c54.[KH]. The number of carbonyl (C=O) groups is 4. The number of carboxylic acid groups (broad SMARTS) is 4. The molecular weight excluding hydrogens is 455 g/mol. The third kappa shape index (κ3) is 3.12. The summed E-state index contributed by atoms with van der Waals surface area (Å²) < 4.78 is 0. The number of rotatable bonds is 4. The zero-order valence-corrected chi connectivity index (χ0v) is 16.0. The fraction of sp³-hybridized carbons (Fsp3) is 0. The van der Waals surface area contributed by atoms with Crippen molar-refractivity contribution in [1.29, 1.82) is 0 Å². The van der Waals surface area contributed by atoms with Gasteiger partial charge in [-0.25, -0.2) is 19.2 Å². The summed E-state index contributed by atoms with van der Waals surface area (Å²) in [5, 5.41) is 42.3. The normalized spacial score (nSPS) is 11.2. The Morgan fingerprint density at radius 1 is 0.485 bits per heavy atom. The number of carboxylic acids is 4. The Balaban J connectivity index is 0.00000259. The van der Waals surface area contributed by atoms with Crippen molar-refractivity contribution in [3.8, 4) is 0 Å². The number of benzene rings is 5. The molecule has 0 aromatic heterocycles. The molecule has 9 heteroatoms. The van der Waals surface area contributed by atoms with Gasteiger partial charge in [-0.1, -0.05) is 42.5 Å². The van der Waals surface area contributed by atoms with E-state index in [1.54, 1.807) is 24.3 Å². The monoisotopic (exact) mass is 468 g/mol. The first-order valence-corrected chi connectivity index (χ1v) is 9.36. The second kappa shape index (κ2) is 8.05. The van der Waals surface area contributed by atoms with Gasteiger partial charge in [0.15, 0.2) is 0 Å². The van der Waals surface area contributed by atoms with E-state index in [1.807, 2.05) is 12.1 Å². The van der Waals surface area contributed by atoms with Crippen LogP contribution in [0, 0.1) is 0 Å². The van der Waals surface area contributed by atoms with Gasteiger partial charge in [-0.3, -0.25) is 0 Å². The number of aromatic carboxylic acids is 4. The molecule has 158 valence electrons. The Labute approximate surface area is 226 Å². The van der Waals surface area contributed by atoms with E-state index in [2.05, 4.69) is 0 Å². The molecule has 0 aliphatic carbocycles. The quantitative estimate of drug-likeness (QED) is 0.176. The Hall–Kier alpha value is -3.08. The summed E-state index contributed by atoms with van der Waals surface area (Å²) in [5.41, 5.74) is -2.93. The average Bonchev–Trinajstić information content (AvgIpc) is 2.75. The summed E-state index contributed by atoms with van der Waals surface area (Å²) in [6.45, 7) is 0. The summed E-state index contributed by atoms with van der Waals surface area (Å²) in [7, 11) is 0. The fourth-order valence-electron chi connectivity index (χ4n) is 4.71. The van der Waals surface area contributed by atoms with E-state index in [1.165, 1.54) is 12.1 Å². The van der Waals surface area contributed by atoms with Crippen LogP contribution in [-0.2, 0) is 0 Å². The van der Waals surface area contributed by atoms with Crippen LogP contribution < -0.4 is 0 Å². The third-order valence-electron chi connectivity index (χ3n) is 5.79. The molecule has 0 amide bonds. The molecule has 0 atom stereocenters. The van der Waals surface area contributed by atoms with E-state index in [4.69, 9.17) is 0 Å². The van der Waals surface area contributed by atoms with Gasteiger partial charge in [0.1, 0.15) is 0 Å². The van der Waals surface area contributed by atoms with E-state index >= 15 is 0 Å². The molecule has 0 bridgehead atoms. The second-order valence-corrected chi connectivity index (χ2v) is 7.34. The van der Waals surface area contributed by atoms with Crippen LogP contribution in [-0.4, -0.2) is 95.7 Å². The van der Waals surface area contributed by atoms with Crippen molar-refractivity contribution in [1.82, 2.24) is 0 Å². The van der Waals surface area contributed by atoms with Gasteiger partial charge >= 0.3 is 75.3 Å². The van der Waals surface area contributed by atoms with Gasteiger partial charge in [0.05, 0.1) is 22.3 Å². The maximum atomic E-state index is 12.3. The molecule has 5 rings (SSSR count). The fourth-order valence-corrected chi connectivity index (χ4v) is 4.71. The second-order valence-electron chi connectivity index (χ2n) is 7.34. The Kier molecular flexibility index (Phi) is 5.63. The van der Waals surface area contributed by atoms with Crippen molar-refractivity contribution in [2.75, 3.05) is 0 Å². The minimum atomic E-state index is -1.77. The standard InChI is InChI=1S/C24H12O8.K.H/c25-21(26)13-8-7-11-10-5-1-3-9-4-2-6-12(14(9)10)16-15(11)17(13)19(23(29)30)20(24(31)32)18(16)22(27)28;;/h1-8H,(H,25,26)(H,27,28)(H,29,30)(H,31,32);;. The van der Waals surface area contributed by atoms with Gasteiger partial charge in [0, 0.05) is 16.2 Å². The van der Waals surface area contributed by atoms with Crippen LogP contribution in [0.2, 0.25) is 0 Å². The Morgan fingerprint density at radius 3 is 1.55 bits per heavy atom. The van der Waals surface area contributed by atoms with Crippen LogP contribution in [0.1, 0.15) is 41.4 Å². The van der Waals surface area contributed by atoms with Gasteiger partial charge in [-0.15, -0.1) is 0 Å². The van der Waals surface area contributed by atoms with E-state index in [0.29, 0.717) is 21.5 Å². The molecule has 0 radical (unpaired) electrons. The van der Waals surface area contributed by atoms with Crippen LogP contribution in [0.4, 0.5) is 0 Å². The molecule has 5 aromatic carbocycles. The third-order valence-corrected chi connectivity index (χ3v) is 5.79. The maximum absolute atomic E-state index is 12.3. The first kappa shape index (κ1) is 23.1. The predicted octanol–water partition coefficient (Wildman–Crippen LogP) is 3.88. The number of hydrogen-bond acceptors (Lipinski definition) is 4. The van der Waals surface area contributed by atoms with Crippen molar-refractivity contribution >= 4 is 118 Å². The van der Waals surface area contributed by atoms with Gasteiger partial charge in [0.25, 0.3) is 0 Å². The van der Waals surface area contributed by atoms with Gasteiger partial charge < -0.3 is 20.4 Å². The summed E-state index contributed by atoms with van der Waals surface area (Å²) >= 11 is 0. The van der Waals surface area contributed by atoms with Crippen LogP contribution in [0.5, 0.6) is 0 Å². The van der Waals surface area contributed by atoms with E-state index in [0.717, 1.165) is 5.39 Å². The van der Waals surface area contributed by atoms with Crippen LogP contribution in [0.15, 0.2) is 48.5 Å². The van der Waals surface area contributed by atoms with Crippen molar-refractivity contribution in [3.05, 3.63) is 70.8 Å². The van der Waals surface area contributed by atoms with Gasteiger partial charge in [-0.05, 0) is 33.0 Å². The predicted molar refractivity (Wildman–Crippen MR) is 123 cm³/mol. The minimum absolute atomic E-state index is 0. The molecule has 0 aliphatic rings. The molecule has 0 unspecified atom stereocenters. The molecule has 0 aliphatic heterocycles. The summed E-state index contributed by atoms with van der Waals surface area (Å²) in [6, 6.07) is 13.2. The first-order valence-electron chi connectivity index (χ1n) is 9.36. The molecule has 0 saturated heterocycles. The number of fused-ring (bicyclic) bond motifs is 2. The van der Waals surface area contributed by atoms with E-state index in [-0.39, 0.29) is 67.5 Å². The van der Waals surface area contributed by atoms with Gasteiger partial charge in [0.2, 0.25) is 0 Å². The van der Waals surface area contributed by atoms with Crippen LogP contribution >= 0.6 is 0 Å². The summed E-state index contributed by atoms with van der Waals surface area (Å²) in [5.74, 6) is -6.58. The number of hydrogen-bond donors (Lipinski definition) is 4. The van der Waals surface area contributed by atoms with Crippen molar-refractivity contribution in [3.63, 3.8) is 0 Å². The molecule has 33 heavy (non-hydrogen) atoms. The molecule has 0 heterocycles. The average molecular weight is 468 g/mol. The summed E-state index contributed by atoms with van der Waals surface area (Å²) in [6.07, 6.45) is 0. The van der Waals surface area contributed by atoms with E-state index in [9.17, 15) is 39.6 Å². The molecule has 5 aromatic rings. The van der Waals surface area contributed by atoms with Crippen LogP contribution in [0.25, 0.3) is 43.1 Å².